The Morgan fingerprint density at radius 2 is 2.14 bits per heavy atom. The fraction of sp³-hybridized carbons (Fsp3) is 0.412. The Morgan fingerprint density at radius 3 is 2.82 bits per heavy atom. The summed E-state index contributed by atoms with van der Waals surface area (Å²) in [4.78, 5) is 19.1. The highest BCUT2D eigenvalue weighted by Gasteiger charge is 2.35. The summed E-state index contributed by atoms with van der Waals surface area (Å²) in [5, 5.41) is 0.398. The van der Waals surface area contributed by atoms with E-state index >= 15 is 0 Å². The van der Waals surface area contributed by atoms with Crippen LogP contribution in [0, 0.1) is 0 Å². The molecule has 1 aromatic heterocycles. The highest BCUT2D eigenvalue weighted by molar-refractivity contribution is 8.00. The van der Waals surface area contributed by atoms with Crippen LogP contribution in [0.1, 0.15) is 31.5 Å². The average Bonchev–Trinajstić information content (AvgIpc) is 3.08. The second-order valence-electron chi connectivity index (χ2n) is 5.65. The molecule has 1 saturated heterocycles. The van der Waals surface area contributed by atoms with Gasteiger partial charge in [0.15, 0.2) is 0 Å². The van der Waals surface area contributed by atoms with Crippen LogP contribution < -0.4 is 0 Å². The Morgan fingerprint density at radius 1 is 1.36 bits per heavy atom. The predicted molar refractivity (Wildman–Crippen MR) is 89.8 cm³/mol. The number of nitrogens with zero attached hydrogens (tertiary/aromatic N) is 3. The van der Waals surface area contributed by atoms with E-state index in [9.17, 15) is 4.79 Å². The molecule has 1 amide bonds. The summed E-state index contributed by atoms with van der Waals surface area (Å²) in [6, 6.07) is 10.3. The van der Waals surface area contributed by atoms with Crippen LogP contribution in [0.15, 0.2) is 49.1 Å². The van der Waals surface area contributed by atoms with Crippen LogP contribution in [0.2, 0.25) is 0 Å². The van der Waals surface area contributed by atoms with Gasteiger partial charge in [-0.3, -0.25) is 4.79 Å². The van der Waals surface area contributed by atoms with Crippen LogP contribution in [0.3, 0.4) is 0 Å². The SMILES string of the molecule is C[C@@H]1SCCN(C(=O)[C@H](C)n2ccnc2)[C@H]1c1ccccc1. The van der Waals surface area contributed by atoms with Crippen LogP contribution in [-0.4, -0.2) is 37.9 Å². The van der Waals surface area contributed by atoms with Gasteiger partial charge < -0.3 is 9.47 Å². The Kier molecular flexibility index (Phi) is 4.52. The molecule has 4 nitrogen and oxygen atoms in total. The zero-order valence-electron chi connectivity index (χ0n) is 12.9. The molecule has 2 heterocycles. The molecule has 2 aromatic rings. The van der Waals surface area contributed by atoms with Crippen molar-refractivity contribution in [2.45, 2.75) is 31.2 Å². The van der Waals surface area contributed by atoms with E-state index in [1.807, 2.05) is 52.5 Å². The van der Waals surface area contributed by atoms with Crippen molar-refractivity contribution < 1.29 is 4.79 Å². The molecule has 116 valence electrons. The van der Waals surface area contributed by atoms with E-state index in [0.717, 1.165) is 12.3 Å². The topological polar surface area (TPSA) is 38.1 Å². The van der Waals surface area contributed by atoms with Gasteiger partial charge in [-0.2, -0.15) is 11.8 Å². The quantitative estimate of drug-likeness (QED) is 0.873. The first-order valence-corrected chi connectivity index (χ1v) is 8.68. The molecule has 5 heteroatoms. The first-order chi connectivity index (χ1) is 10.7. The zero-order chi connectivity index (χ0) is 15.5. The largest absolute Gasteiger partial charge is 0.332 e. The first-order valence-electron chi connectivity index (χ1n) is 7.63. The van der Waals surface area contributed by atoms with Crippen molar-refractivity contribution in [3.8, 4) is 0 Å². The molecule has 22 heavy (non-hydrogen) atoms. The lowest BCUT2D eigenvalue weighted by molar-refractivity contribution is -0.136. The Hall–Kier alpha value is -1.75. The van der Waals surface area contributed by atoms with Crippen molar-refractivity contribution in [2.24, 2.45) is 0 Å². The molecule has 0 radical (unpaired) electrons. The fourth-order valence-electron chi connectivity index (χ4n) is 3.04. The monoisotopic (exact) mass is 315 g/mol. The smallest absolute Gasteiger partial charge is 0.245 e. The maximum atomic E-state index is 13.0. The number of hydrogen-bond donors (Lipinski definition) is 0. The van der Waals surface area contributed by atoms with Crippen molar-refractivity contribution in [1.82, 2.24) is 14.5 Å². The number of rotatable bonds is 3. The highest BCUT2D eigenvalue weighted by atomic mass is 32.2. The minimum absolute atomic E-state index is 0.137. The van der Waals surface area contributed by atoms with E-state index in [1.54, 1.807) is 12.5 Å². The van der Waals surface area contributed by atoms with Crippen LogP contribution >= 0.6 is 11.8 Å². The maximum absolute atomic E-state index is 13.0. The van der Waals surface area contributed by atoms with Gasteiger partial charge >= 0.3 is 0 Å². The number of benzene rings is 1. The minimum Gasteiger partial charge on any atom is -0.332 e. The van der Waals surface area contributed by atoms with Gasteiger partial charge in [-0.05, 0) is 12.5 Å². The third-order valence-electron chi connectivity index (χ3n) is 4.25. The Bertz CT molecular complexity index is 614. The normalized spacial score (nSPS) is 23.3. The third-order valence-corrected chi connectivity index (χ3v) is 5.45. The van der Waals surface area contributed by atoms with Gasteiger partial charge in [0.25, 0.3) is 0 Å². The summed E-state index contributed by atoms with van der Waals surface area (Å²) < 4.78 is 1.87. The first kappa shape index (κ1) is 15.2. The average molecular weight is 315 g/mol. The van der Waals surface area contributed by atoms with E-state index in [-0.39, 0.29) is 18.0 Å². The van der Waals surface area contributed by atoms with E-state index in [4.69, 9.17) is 0 Å². The molecule has 1 aliphatic heterocycles. The van der Waals surface area contributed by atoms with Crippen molar-refractivity contribution in [3.63, 3.8) is 0 Å². The molecule has 1 fully saturated rings. The molecule has 0 N–H and O–H groups in total. The molecule has 0 aliphatic carbocycles. The van der Waals surface area contributed by atoms with Gasteiger partial charge in [0.1, 0.15) is 6.04 Å². The van der Waals surface area contributed by atoms with Crippen molar-refractivity contribution >= 4 is 17.7 Å². The van der Waals surface area contributed by atoms with Crippen LogP contribution in [0.25, 0.3) is 0 Å². The minimum atomic E-state index is -0.219. The van der Waals surface area contributed by atoms with Gasteiger partial charge in [0.05, 0.1) is 12.4 Å². The molecule has 1 aromatic carbocycles. The number of carbonyl (C=O) groups excluding carboxylic acids is 1. The summed E-state index contributed by atoms with van der Waals surface area (Å²) >= 11 is 1.94. The predicted octanol–water partition coefficient (Wildman–Crippen LogP) is 3.15. The molecule has 1 aliphatic rings. The van der Waals surface area contributed by atoms with Crippen molar-refractivity contribution in [1.29, 1.82) is 0 Å². The number of carbonyl (C=O) groups is 1. The third kappa shape index (κ3) is 2.90. The van der Waals surface area contributed by atoms with Crippen LogP contribution in [0.5, 0.6) is 0 Å². The number of amides is 1. The lowest BCUT2D eigenvalue weighted by Gasteiger charge is -2.41. The summed E-state index contributed by atoms with van der Waals surface area (Å²) in [7, 11) is 0. The van der Waals surface area contributed by atoms with Crippen molar-refractivity contribution in [3.05, 3.63) is 54.6 Å². The van der Waals surface area contributed by atoms with Crippen molar-refractivity contribution in [2.75, 3.05) is 12.3 Å². The number of aromatic nitrogens is 2. The molecule has 0 saturated carbocycles. The number of thioether (sulfide) groups is 1. The van der Waals surface area contributed by atoms with Gasteiger partial charge in [-0.15, -0.1) is 0 Å². The summed E-state index contributed by atoms with van der Waals surface area (Å²) in [6.07, 6.45) is 5.28. The van der Waals surface area contributed by atoms with Gasteiger partial charge in [-0.1, -0.05) is 37.3 Å². The lowest BCUT2D eigenvalue weighted by atomic mass is 10.0. The molecular weight excluding hydrogens is 294 g/mol. The second kappa shape index (κ2) is 6.57. The molecule has 0 bridgehead atoms. The summed E-state index contributed by atoms with van der Waals surface area (Å²) in [5.74, 6) is 1.16. The highest BCUT2D eigenvalue weighted by Crippen LogP contribution is 2.37. The molecule has 3 rings (SSSR count). The Balaban J connectivity index is 1.88. The van der Waals surface area contributed by atoms with Gasteiger partial charge in [0.2, 0.25) is 5.91 Å². The maximum Gasteiger partial charge on any atom is 0.245 e. The zero-order valence-corrected chi connectivity index (χ0v) is 13.7. The van der Waals surface area contributed by atoms with E-state index < -0.39 is 0 Å². The van der Waals surface area contributed by atoms with Crippen LogP contribution in [0.4, 0.5) is 0 Å². The fourth-order valence-corrected chi connectivity index (χ4v) is 4.20. The lowest BCUT2D eigenvalue weighted by Crippen LogP contribution is -2.46. The van der Waals surface area contributed by atoms with E-state index in [0.29, 0.717) is 5.25 Å². The van der Waals surface area contributed by atoms with Gasteiger partial charge in [0, 0.05) is 29.9 Å². The summed E-state index contributed by atoms with van der Waals surface area (Å²) in [6.45, 7) is 4.95. The van der Waals surface area contributed by atoms with E-state index in [2.05, 4.69) is 24.0 Å². The summed E-state index contributed by atoms with van der Waals surface area (Å²) in [5.41, 5.74) is 1.22. The Labute approximate surface area is 135 Å². The second-order valence-corrected chi connectivity index (χ2v) is 7.13. The molecule has 0 unspecified atom stereocenters. The van der Waals surface area contributed by atoms with Crippen LogP contribution in [-0.2, 0) is 4.79 Å². The molecule has 3 atom stereocenters. The standard InChI is InChI=1S/C17H21N3OS/c1-13(19-9-8-18-12-19)17(21)20-10-11-22-14(2)16(20)15-6-4-3-5-7-15/h3-9,12-14,16H,10-11H2,1-2H3/t13-,14-,16+/m0/s1. The molecular formula is C17H21N3OS. The van der Waals surface area contributed by atoms with Gasteiger partial charge in [-0.25, -0.2) is 4.98 Å². The van der Waals surface area contributed by atoms with E-state index in [1.165, 1.54) is 5.56 Å². The number of hydrogen-bond acceptors (Lipinski definition) is 3. The molecule has 0 spiro atoms. The number of imidazole rings is 1.